The molecule has 0 aliphatic heterocycles. The Balaban J connectivity index is 1.61. The van der Waals surface area contributed by atoms with Gasteiger partial charge >= 0.3 is 13.3 Å². The number of aromatic nitrogens is 4. The Bertz CT molecular complexity index is 1230. The van der Waals surface area contributed by atoms with E-state index in [9.17, 15) is 19.0 Å². The van der Waals surface area contributed by atoms with Gasteiger partial charge < -0.3 is 18.7 Å². The molecule has 0 amide bonds. The van der Waals surface area contributed by atoms with E-state index in [1.807, 2.05) is 37.3 Å². The molecule has 2 aromatic heterocycles. The average molecular weight is 478 g/mol. The van der Waals surface area contributed by atoms with Crippen molar-refractivity contribution in [2.24, 2.45) is 7.05 Å². The lowest BCUT2D eigenvalue weighted by Gasteiger charge is -2.18. The molecule has 0 spiro atoms. The molecule has 2 unspecified atom stereocenters. The van der Waals surface area contributed by atoms with Crippen LogP contribution in [0, 0.1) is 0 Å². The zero-order valence-corrected chi connectivity index (χ0v) is 20.1. The van der Waals surface area contributed by atoms with Gasteiger partial charge in [0.15, 0.2) is 11.2 Å². The minimum absolute atomic E-state index is 0.0499. The van der Waals surface area contributed by atoms with E-state index in [1.54, 1.807) is 18.5 Å². The summed E-state index contributed by atoms with van der Waals surface area (Å²) in [5, 5.41) is 0. The van der Waals surface area contributed by atoms with E-state index in [2.05, 4.69) is 4.98 Å². The first-order chi connectivity index (χ1) is 15.7. The maximum atomic E-state index is 13.0. The molecular weight excluding hydrogens is 447 g/mol. The van der Waals surface area contributed by atoms with Gasteiger partial charge in [-0.2, -0.15) is 0 Å². The van der Waals surface area contributed by atoms with Gasteiger partial charge in [-0.3, -0.25) is 18.5 Å². The summed E-state index contributed by atoms with van der Waals surface area (Å²) in [5.74, 6) is 0. The maximum Gasteiger partial charge on any atom is 0.332 e. The summed E-state index contributed by atoms with van der Waals surface area (Å²) in [5.41, 5.74) is 0.677. The number of rotatable bonds is 12. The lowest BCUT2D eigenvalue weighted by atomic mass is 10.1. The molecule has 2 atom stereocenters. The molecule has 10 nitrogen and oxygen atoms in total. The zero-order chi connectivity index (χ0) is 24.0. The Labute approximate surface area is 191 Å². The quantitative estimate of drug-likeness (QED) is 0.314. The van der Waals surface area contributed by atoms with E-state index < -0.39 is 24.9 Å². The third-order valence-corrected chi connectivity index (χ3v) is 6.89. The summed E-state index contributed by atoms with van der Waals surface area (Å²) >= 11 is 0. The van der Waals surface area contributed by atoms with Gasteiger partial charge in [-0.25, -0.2) is 9.78 Å². The van der Waals surface area contributed by atoms with Crippen molar-refractivity contribution < 1.29 is 18.7 Å². The molecule has 0 aliphatic rings. The highest BCUT2D eigenvalue weighted by molar-refractivity contribution is 7.52. The van der Waals surface area contributed by atoms with Crippen LogP contribution in [0.4, 0.5) is 0 Å². The van der Waals surface area contributed by atoms with Gasteiger partial charge in [-0.1, -0.05) is 30.3 Å². The van der Waals surface area contributed by atoms with E-state index in [4.69, 9.17) is 9.26 Å². The van der Waals surface area contributed by atoms with Crippen LogP contribution in [0.2, 0.25) is 0 Å². The number of fused-ring (bicyclic) bond motifs is 1. The molecule has 0 saturated heterocycles. The average Bonchev–Trinajstić information content (AvgIpc) is 3.20. The molecule has 3 aromatic rings. The topological polar surface area (TPSA) is 118 Å². The van der Waals surface area contributed by atoms with Gasteiger partial charge in [0.1, 0.15) is 6.73 Å². The molecule has 11 heteroatoms. The number of imidazole rings is 1. The van der Waals surface area contributed by atoms with Crippen LogP contribution in [0.15, 0.2) is 46.2 Å². The van der Waals surface area contributed by atoms with Crippen molar-refractivity contribution in [2.45, 2.75) is 52.5 Å². The van der Waals surface area contributed by atoms with E-state index >= 15 is 0 Å². The fourth-order valence-electron chi connectivity index (χ4n) is 3.71. The molecule has 180 valence electrons. The van der Waals surface area contributed by atoms with Crippen molar-refractivity contribution >= 4 is 18.8 Å². The Hall–Kier alpha value is -2.52. The van der Waals surface area contributed by atoms with Gasteiger partial charge in [0.25, 0.3) is 5.56 Å². The van der Waals surface area contributed by atoms with Crippen molar-refractivity contribution in [3.05, 3.63) is 63.1 Å². The first-order valence-corrected chi connectivity index (χ1v) is 12.8. The normalized spacial score (nSPS) is 14.4. The summed E-state index contributed by atoms with van der Waals surface area (Å²) in [6.45, 7) is 4.37. The third kappa shape index (κ3) is 6.29. The highest BCUT2D eigenvalue weighted by Gasteiger charge is 2.23. The summed E-state index contributed by atoms with van der Waals surface area (Å²) in [4.78, 5) is 40.0. The molecule has 1 aromatic carbocycles. The van der Waals surface area contributed by atoms with Crippen molar-refractivity contribution in [1.29, 1.82) is 0 Å². The third-order valence-electron chi connectivity index (χ3n) is 5.32. The van der Waals surface area contributed by atoms with Crippen molar-refractivity contribution in [1.82, 2.24) is 18.7 Å². The van der Waals surface area contributed by atoms with Gasteiger partial charge in [0, 0.05) is 20.2 Å². The highest BCUT2D eigenvalue weighted by Crippen LogP contribution is 2.44. The Morgan fingerprint density at radius 3 is 2.61 bits per heavy atom. The molecule has 0 radical (unpaired) electrons. The molecule has 2 heterocycles. The number of aryl methyl sites for hydroxylation is 1. The maximum absolute atomic E-state index is 13.0. The van der Waals surface area contributed by atoms with E-state index in [0.29, 0.717) is 31.5 Å². The minimum Gasteiger partial charge on any atom is -0.361 e. The fraction of sp³-hybridized carbons (Fsp3) is 0.500. The molecule has 1 N–H and O–H groups in total. The number of hydrogen-bond acceptors (Lipinski definition) is 6. The van der Waals surface area contributed by atoms with Gasteiger partial charge in [-0.05, 0) is 38.7 Å². The molecule has 33 heavy (non-hydrogen) atoms. The monoisotopic (exact) mass is 478 g/mol. The lowest BCUT2D eigenvalue weighted by molar-refractivity contribution is 0.0903. The van der Waals surface area contributed by atoms with Crippen molar-refractivity contribution in [2.75, 3.05) is 12.8 Å². The first-order valence-electron chi connectivity index (χ1n) is 11.0. The number of benzene rings is 1. The second kappa shape index (κ2) is 11.1. The predicted octanol–water partition coefficient (Wildman–Crippen LogP) is 2.50. The fourth-order valence-corrected chi connectivity index (χ4v) is 5.07. The van der Waals surface area contributed by atoms with Gasteiger partial charge in [-0.15, -0.1) is 0 Å². The summed E-state index contributed by atoms with van der Waals surface area (Å²) < 4.78 is 27.3. The number of ether oxygens (including phenoxy) is 1. The van der Waals surface area contributed by atoms with E-state index in [-0.39, 0.29) is 25.0 Å². The summed E-state index contributed by atoms with van der Waals surface area (Å²) in [7, 11) is -2.23. The predicted molar refractivity (Wildman–Crippen MR) is 125 cm³/mol. The zero-order valence-electron chi connectivity index (χ0n) is 19.2. The molecule has 0 bridgehead atoms. The number of nitrogens with zero attached hydrogens (tertiary/aromatic N) is 4. The standard InChI is InChI=1S/C22H31N4O6P/c1-4-31-16-25-15-23-20-19(25)21(27)26(22(28)24(20)3)12-8-9-13-33(29,30)32-17(2)14-18-10-6-5-7-11-18/h5-7,10-11,15,17H,4,8-9,12-14,16H2,1-3H3,(H,29,30). The molecule has 0 aliphatic carbocycles. The summed E-state index contributed by atoms with van der Waals surface area (Å²) in [6.07, 6.45) is 2.25. The van der Waals surface area contributed by atoms with Crippen LogP contribution >= 0.6 is 7.60 Å². The molecule has 0 saturated carbocycles. The smallest absolute Gasteiger partial charge is 0.332 e. The largest absolute Gasteiger partial charge is 0.361 e. The Morgan fingerprint density at radius 1 is 1.18 bits per heavy atom. The lowest BCUT2D eigenvalue weighted by Crippen LogP contribution is -2.39. The van der Waals surface area contributed by atoms with E-state index in [1.165, 1.54) is 10.9 Å². The van der Waals surface area contributed by atoms with Gasteiger partial charge in [0.2, 0.25) is 0 Å². The number of unbranched alkanes of at least 4 members (excludes halogenated alkanes) is 1. The summed E-state index contributed by atoms with van der Waals surface area (Å²) in [6, 6.07) is 9.62. The molecule has 0 fully saturated rings. The molecular formula is C22H31N4O6P. The minimum atomic E-state index is -3.79. The van der Waals surface area contributed by atoms with Crippen molar-refractivity contribution in [3.63, 3.8) is 0 Å². The highest BCUT2D eigenvalue weighted by atomic mass is 31.2. The SMILES string of the molecule is CCOCn1cnc2c1c(=O)n(CCCCP(=O)(O)OC(C)Cc1ccccc1)c(=O)n2C. The van der Waals surface area contributed by atoms with Crippen molar-refractivity contribution in [3.8, 4) is 0 Å². The molecule has 3 rings (SSSR count). The van der Waals surface area contributed by atoms with E-state index in [0.717, 1.165) is 10.1 Å². The second-order valence-corrected chi connectivity index (χ2v) is 9.91. The van der Waals surface area contributed by atoms with Crippen LogP contribution in [-0.2, 0) is 40.6 Å². The first kappa shape index (κ1) is 25.1. The van der Waals surface area contributed by atoms with Crippen LogP contribution < -0.4 is 11.2 Å². The van der Waals surface area contributed by atoms with Crippen LogP contribution in [0.25, 0.3) is 11.2 Å². The second-order valence-electron chi connectivity index (χ2n) is 7.98. The van der Waals surface area contributed by atoms with Gasteiger partial charge in [0.05, 0.1) is 18.6 Å². The Kier molecular flexibility index (Phi) is 8.42. The number of hydrogen-bond donors (Lipinski definition) is 1. The Morgan fingerprint density at radius 2 is 1.91 bits per heavy atom. The van der Waals surface area contributed by atoms with Crippen LogP contribution in [0.1, 0.15) is 32.3 Å². The van der Waals surface area contributed by atoms with Crippen LogP contribution in [0.5, 0.6) is 0 Å². The van der Waals surface area contributed by atoms with Crippen LogP contribution in [0.3, 0.4) is 0 Å². The van der Waals surface area contributed by atoms with Crippen LogP contribution in [-0.4, -0.2) is 42.5 Å².